The minimum Gasteiger partial charge on any atom is -0.348 e. The molecule has 1 saturated heterocycles. The van der Waals surface area contributed by atoms with Gasteiger partial charge in [-0.3, -0.25) is 4.79 Å². The van der Waals surface area contributed by atoms with E-state index in [0.29, 0.717) is 5.75 Å². The van der Waals surface area contributed by atoms with Crippen molar-refractivity contribution in [3.8, 4) is 0 Å². The van der Waals surface area contributed by atoms with E-state index in [9.17, 15) is 4.79 Å². The average molecular weight is 428 g/mol. The molecule has 0 unspecified atom stereocenters. The van der Waals surface area contributed by atoms with Crippen LogP contribution in [0.5, 0.6) is 0 Å². The van der Waals surface area contributed by atoms with Crippen molar-refractivity contribution in [2.24, 2.45) is 5.92 Å². The third-order valence-electron chi connectivity index (χ3n) is 5.21. The Morgan fingerprint density at radius 1 is 1.28 bits per heavy atom. The molecular weight excluding hydrogens is 402 g/mol. The monoisotopic (exact) mass is 427 g/mol. The lowest BCUT2D eigenvalue weighted by Crippen LogP contribution is -2.32. The number of hydrogen-bond acceptors (Lipinski definition) is 7. The molecule has 1 aliphatic heterocycles. The summed E-state index contributed by atoms with van der Waals surface area (Å²) in [7, 11) is 0. The molecule has 1 fully saturated rings. The van der Waals surface area contributed by atoms with Crippen molar-refractivity contribution in [1.82, 2.24) is 15.0 Å². The maximum atomic E-state index is 12.5. The molecule has 0 saturated carbocycles. The van der Waals surface area contributed by atoms with Gasteiger partial charge in [0.2, 0.25) is 5.91 Å². The van der Waals surface area contributed by atoms with Gasteiger partial charge < -0.3 is 10.2 Å². The number of thiazole rings is 1. The van der Waals surface area contributed by atoms with Gasteiger partial charge in [0.15, 0.2) is 10.8 Å². The number of anilines is 2. The fraction of sp³-hybridized carbons (Fsp3) is 0.429. The molecule has 1 aliphatic rings. The van der Waals surface area contributed by atoms with E-state index >= 15 is 0 Å². The maximum Gasteiger partial charge on any atom is 0.234 e. The van der Waals surface area contributed by atoms with Gasteiger partial charge in [-0.1, -0.05) is 55.1 Å². The Bertz CT molecular complexity index is 998. The van der Waals surface area contributed by atoms with Crippen LogP contribution in [0.2, 0.25) is 0 Å². The fourth-order valence-electron chi connectivity index (χ4n) is 3.43. The molecular formula is C21H25N5OS2. The van der Waals surface area contributed by atoms with Gasteiger partial charge in [0, 0.05) is 18.8 Å². The van der Waals surface area contributed by atoms with Crippen LogP contribution in [-0.2, 0) is 11.2 Å². The summed E-state index contributed by atoms with van der Waals surface area (Å²) in [5, 5.41) is 4.85. The van der Waals surface area contributed by atoms with E-state index in [-0.39, 0.29) is 5.91 Å². The molecule has 3 heterocycles. The van der Waals surface area contributed by atoms with E-state index in [0.717, 1.165) is 57.2 Å². The molecule has 2 aromatic heterocycles. The van der Waals surface area contributed by atoms with Crippen molar-refractivity contribution in [1.29, 1.82) is 0 Å². The van der Waals surface area contributed by atoms with Crippen molar-refractivity contribution >= 4 is 50.2 Å². The second-order valence-electron chi connectivity index (χ2n) is 7.35. The molecule has 8 heteroatoms. The Hall–Kier alpha value is -2.19. The van der Waals surface area contributed by atoms with Crippen LogP contribution >= 0.6 is 23.1 Å². The van der Waals surface area contributed by atoms with Crippen LogP contribution in [0.25, 0.3) is 10.3 Å². The van der Waals surface area contributed by atoms with Crippen LogP contribution in [0.15, 0.2) is 35.6 Å². The predicted molar refractivity (Wildman–Crippen MR) is 121 cm³/mol. The number of para-hydroxylation sites is 1. The van der Waals surface area contributed by atoms with Crippen LogP contribution in [0, 0.1) is 5.92 Å². The summed E-state index contributed by atoms with van der Waals surface area (Å²) in [6.07, 6.45) is 4.82. The zero-order valence-electron chi connectivity index (χ0n) is 16.7. The summed E-state index contributed by atoms with van der Waals surface area (Å²) in [4.78, 5) is 28.3. The molecule has 152 valence electrons. The predicted octanol–water partition coefficient (Wildman–Crippen LogP) is 4.62. The first-order chi connectivity index (χ1) is 14.1. The highest BCUT2D eigenvalue weighted by Gasteiger charge is 2.21. The number of aryl methyl sites for hydroxylation is 1. The molecule has 4 rings (SSSR count). The number of aromatic nitrogens is 3. The number of rotatable bonds is 6. The highest BCUT2D eigenvalue weighted by molar-refractivity contribution is 8.00. The topological polar surface area (TPSA) is 71.0 Å². The van der Waals surface area contributed by atoms with Gasteiger partial charge in [0.25, 0.3) is 0 Å². The smallest absolute Gasteiger partial charge is 0.234 e. The molecule has 6 nitrogen and oxygen atoms in total. The van der Waals surface area contributed by atoms with Crippen LogP contribution in [-0.4, -0.2) is 39.7 Å². The number of thioether (sulfide) groups is 1. The van der Waals surface area contributed by atoms with Crippen molar-refractivity contribution in [2.45, 2.75) is 38.1 Å². The van der Waals surface area contributed by atoms with Crippen LogP contribution < -0.4 is 10.2 Å². The minimum absolute atomic E-state index is 0.0302. The molecule has 0 spiro atoms. The highest BCUT2D eigenvalue weighted by Crippen LogP contribution is 2.35. The van der Waals surface area contributed by atoms with Crippen LogP contribution in [0.1, 0.15) is 32.3 Å². The summed E-state index contributed by atoms with van der Waals surface area (Å²) in [5.41, 5.74) is 2.74. The van der Waals surface area contributed by atoms with Crippen molar-refractivity contribution < 1.29 is 4.79 Å². The lowest BCUT2D eigenvalue weighted by Gasteiger charge is -2.29. The number of amides is 1. The van der Waals surface area contributed by atoms with Gasteiger partial charge in [0.1, 0.15) is 16.1 Å². The normalized spacial score (nSPS) is 15.0. The van der Waals surface area contributed by atoms with Crippen molar-refractivity contribution in [2.75, 3.05) is 29.1 Å². The standard InChI is InChI=1S/C21H25N5OS2/c1-3-15-6-4-5-7-16(15)24-17(27)12-28-20-18-19(22-13-23-20)25-21(29-18)26-10-8-14(2)9-11-26/h4-7,13-14H,3,8-12H2,1-2H3,(H,24,27). The third kappa shape index (κ3) is 4.70. The zero-order valence-corrected chi connectivity index (χ0v) is 18.4. The quantitative estimate of drug-likeness (QED) is 0.457. The van der Waals surface area contributed by atoms with Gasteiger partial charge >= 0.3 is 0 Å². The average Bonchev–Trinajstić information content (AvgIpc) is 3.18. The zero-order chi connectivity index (χ0) is 20.2. The number of fused-ring (bicyclic) bond motifs is 1. The second-order valence-corrected chi connectivity index (χ2v) is 9.29. The molecule has 1 amide bonds. The van der Waals surface area contributed by atoms with Gasteiger partial charge in [-0.25, -0.2) is 9.97 Å². The summed E-state index contributed by atoms with van der Waals surface area (Å²) in [6, 6.07) is 7.91. The first-order valence-corrected chi connectivity index (χ1v) is 11.8. The number of piperidine rings is 1. The molecule has 1 aromatic carbocycles. The lowest BCUT2D eigenvalue weighted by atomic mass is 10.00. The van der Waals surface area contributed by atoms with E-state index in [4.69, 9.17) is 4.98 Å². The molecule has 1 N–H and O–H groups in total. The van der Waals surface area contributed by atoms with Crippen molar-refractivity contribution in [3.63, 3.8) is 0 Å². The number of carbonyl (C=O) groups excluding carboxylic acids is 1. The molecule has 0 aliphatic carbocycles. The first kappa shape index (κ1) is 20.1. The second kappa shape index (κ2) is 9.09. The Morgan fingerprint density at radius 3 is 2.86 bits per heavy atom. The number of nitrogens with zero attached hydrogens (tertiary/aromatic N) is 4. The Kier molecular flexibility index (Phi) is 6.30. The third-order valence-corrected chi connectivity index (χ3v) is 7.44. The highest BCUT2D eigenvalue weighted by atomic mass is 32.2. The Labute approximate surface area is 179 Å². The number of benzene rings is 1. The van der Waals surface area contributed by atoms with Gasteiger partial charge in [0.05, 0.1) is 5.75 Å². The minimum atomic E-state index is -0.0302. The molecule has 3 aromatic rings. The van der Waals surface area contributed by atoms with Crippen LogP contribution in [0.4, 0.5) is 10.8 Å². The Balaban J connectivity index is 1.44. The van der Waals surface area contributed by atoms with E-state index in [1.165, 1.54) is 30.9 Å². The van der Waals surface area contributed by atoms with Gasteiger partial charge in [-0.2, -0.15) is 4.98 Å². The summed E-state index contributed by atoms with van der Waals surface area (Å²) in [5.74, 6) is 1.05. The molecule has 0 radical (unpaired) electrons. The summed E-state index contributed by atoms with van der Waals surface area (Å²) in [6.45, 7) is 6.47. The van der Waals surface area contributed by atoms with Gasteiger partial charge in [-0.15, -0.1) is 0 Å². The SMILES string of the molecule is CCc1ccccc1NC(=O)CSc1ncnc2nc(N3CCC(C)CC3)sc12. The number of carbonyl (C=O) groups is 1. The number of hydrogen-bond donors (Lipinski definition) is 1. The van der Waals surface area contributed by atoms with Gasteiger partial charge in [-0.05, 0) is 36.8 Å². The molecule has 29 heavy (non-hydrogen) atoms. The maximum absolute atomic E-state index is 12.5. The summed E-state index contributed by atoms with van der Waals surface area (Å²) >= 11 is 3.07. The lowest BCUT2D eigenvalue weighted by molar-refractivity contribution is -0.113. The van der Waals surface area contributed by atoms with E-state index in [1.807, 2.05) is 24.3 Å². The number of nitrogens with one attached hydrogen (secondary N) is 1. The van der Waals surface area contributed by atoms with Crippen LogP contribution in [0.3, 0.4) is 0 Å². The fourth-order valence-corrected chi connectivity index (χ4v) is 5.37. The van der Waals surface area contributed by atoms with E-state index < -0.39 is 0 Å². The Morgan fingerprint density at radius 2 is 2.07 bits per heavy atom. The van der Waals surface area contributed by atoms with Crippen molar-refractivity contribution in [3.05, 3.63) is 36.2 Å². The molecule has 0 atom stereocenters. The molecule has 0 bridgehead atoms. The van der Waals surface area contributed by atoms with E-state index in [2.05, 4.69) is 34.0 Å². The largest absolute Gasteiger partial charge is 0.348 e. The van der Waals surface area contributed by atoms with E-state index in [1.54, 1.807) is 11.3 Å². The summed E-state index contributed by atoms with van der Waals surface area (Å²) < 4.78 is 0.966. The first-order valence-electron chi connectivity index (χ1n) is 10.0.